The van der Waals surface area contributed by atoms with Gasteiger partial charge in [-0.25, -0.2) is 32.6 Å². The van der Waals surface area contributed by atoms with Crippen LogP contribution in [-0.2, 0) is 6.54 Å². The molecule has 1 saturated carbocycles. The van der Waals surface area contributed by atoms with E-state index in [0.29, 0.717) is 34.1 Å². The summed E-state index contributed by atoms with van der Waals surface area (Å²) in [5.74, 6) is -1.02. The summed E-state index contributed by atoms with van der Waals surface area (Å²) in [5.41, 5.74) is 2.18. The van der Waals surface area contributed by atoms with Crippen LogP contribution in [0.3, 0.4) is 0 Å². The van der Waals surface area contributed by atoms with Gasteiger partial charge >= 0.3 is 0 Å². The molecule has 1 aromatic carbocycles. The number of nitrogens with one attached hydrogen (secondary N) is 1. The highest BCUT2D eigenvalue weighted by Gasteiger charge is 2.33. The van der Waals surface area contributed by atoms with Crippen LogP contribution in [0.15, 0.2) is 60.9 Å². The normalized spacial score (nSPS) is 13.4. The van der Waals surface area contributed by atoms with Crippen LogP contribution in [-0.4, -0.2) is 41.5 Å². The lowest BCUT2D eigenvalue weighted by molar-refractivity contribution is 0.102. The predicted molar refractivity (Wildman–Crippen MR) is 130 cm³/mol. The smallest absolute Gasteiger partial charge is 0.257 e. The standard InChI is InChI=1S/C26H19F4N7O/c27-17-5-3-14(4-6-17)23-24(36(12-19(28)29)25(34-23)15-1-2-15)18-7-8-22-32-21(13-37(22)35-18)33-26(38)16-9-10-31-20(30)11-16/h3-11,13,15,19H,1-2,12H2,(H,33,38). The number of halogens is 4. The number of carbonyl (C=O) groups excluding carboxylic acids is 1. The van der Waals surface area contributed by atoms with Crippen LogP contribution in [0.5, 0.6) is 0 Å². The van der Waals surface area contributed by atoms with Crippen molar-refractivity contribution in [2.45, 2.75) is 31.7 Å². The Hall–Kier alpha value is -4.61. The number of nitrogens with zero attached hydrogens (tertiary/aromatic N) is 6. The molecule has 192 valence electrons. The van der Waals surface area contributed by atoms with Crippen LogP contribution in [0, 0.1) is 11.8 Å². The van der Waals surface area contributed by atoms with E-state index in [1.165, 1.54) is 39.7 Å². The van der Waals surface area contributed by atoms with Crippen molar-refractivity contribution in [1.29, 1.82) is 0 Å². The molecule has 0 radical (unpaired) electrons. The summed E-state index contributed by atoms with van der Waals surface area (Å²) < 4.78 is 57.3. The average molecular weight is 521 g/mol. The lowest BCUT2D eigenvalue weighted by Gasteiger charge is -2.12. The van der Waals surface area contributed by atoms with Gasteiger partial charge in [0.05, 0.1) is 24.1 Å². The van der Waals surface area contributed by atoms with Gasteiger partial charge in [0.1, 0.15) is 17.3 Å². The Balaban J connectivity index is 1.42. The molecule has 0 unspecified atom stereocenters. The second kappa shape index (κ2) is 9.36. The van der Waals surface area contributed by atoms with E-state index in [9.17, 15) is 22.4 Å². The minimum Gasteiger partial charge on any atom is -0.320 e. The predicted octanol–water partition coefficient (Wildman–Crippen LogP) is 5.33. The second-order valence-electron chi connectivity index (χ2n) is 8.92. The molecular weight excluding hydrogens is 502 g/mol. The zero-order valence-corrected chi connectivity index (χ0v) is 19.7. The van der Waals surface area contributed by atoms with Crippen molar-refractivity contribution in [1.82, 2.24) is 29.1 Å². The molecule has 38 heavy (non-hydrogen) atoms. The van der Waals surface area contributed by atoms with E-state index < -0.39 is 30.6 Å². The fourth-order valence-electron chi connectivity index (χ4n) is 4.32. The van der Waals surface area contributed by atoms with Crippen LogP contribution in [0.4, 0.5) is 23.4 Å². The number of anilines is 1. The van der Waals surface area contributed by atoms with Gasteiger partial charge in [-0.1, -0.05) is 0 Å². The highest BCUT2D eigenvalue weighted by Crippen LogP contribution is 2.44. The first kappa shape index (κ1) is 23.8. The van der Waals surface area contributed by atoms with Crippen LogP contribution < -0.4 is 5.32 Å². The number of alkyl halides is 2. The molecule has 6 rings (SSSR count). The molecule has 0 aliphatic heterocycles. The number of fused-ring (bicyclic) bond motifs is 1. The highest BCUT2D eigenvalue weighted by molar-refractivity contribution is 6.03. The van der Waals surface area contributed by atoms with E-state index in [1.807, 2.05) is 0 Å². The van der Waals surface area contributed by atoms with Gasteiger partial charge in [0.15, 0.2) is 11.5 Å². The van der Waals surface area contributed by atoms with E-state index in [1.54, 1.807) is 24.3 Å². The topological polar surface area (TPSA) is 90.0 Å². The van der Waals surface area contributed by atoms with Gasteiger partial charge in [-0.3, -0.25) is 4.79 Å². The van der Waals surface area contributed by atoms with Gasteiger partial charge in [-0.05, 0) is 55.3 Å². The molecule has 0 atom stereocenters. The Morgan fingerprint density at radius 1 is 1.05 bits per heavy atom. The number of imidazole rings is 2. The fourth-order valence-corrected chi connectivity index (χ4v) is 4.32. The molecule has 1 aliphatic rings. The zero-order valence-electron chi connectivity index (χ0n) is 19.7. The Morgan fingerprint density at radius 2 is 1.84 bits per heavy atom. The van der Waals surface area contributed by atoms with Crippen molar-refractivity contribution in [2.24, 2.45) is 0 Å². The van der Waals surface area contributed by atoms with Gasteiger partial charge < -0.3 is 9.88 Å². The van der Waals surface area contributed by atoms with Gasteiger partial charge in [0.2, 0.25) is 5.95 Å². The molecule has 5 aromatic rings. The molecular formula is C26H19F4N7O. The number of pyridine rings is 1. The Kier molecular flexibility index (Phi) is 5.86. The van der Waals surface area contributed by atoms with Gasteiger partial charge in [-0.15, -0.1) is 0 Å². The number of amides is 1. The van der Waals surface area contributed by atoms with E-state index in [0.717, 1.165) is 18.9 Å². The lowest BCUT2D eigenvalue weighted by atomic mass is 10.1. The minimum atomic E-state index is -2.63. The van der Waals surface area contributed by atoms with Gasteiger partial charge in [0, 0.05) is 29.3 Å². The van der Waals surface area contributed by atoms with Gasteiger partial charge in [0.25, 0.3) is 12.3 Å². The molecule has 1 aliphatic carbocycles. The first-order valence-corrected chi connectivity index (χ1v) is 11.8. The number of aromatic nitrogens is 6. The quantitative estimate of drug-likeness (QED) is 0.231. The van der Waals surface area contributed by atoms with Crippen molar-refractivity contribution in [3.05, 3.63) is 84.1 Å². The first-order chi connectivity index (χ1) is 18.4. The first-order valence-electron chi connectivity index (χ1n) is 11.8. The number of benzene rings is 1. The van der Waals surface area contributed by atoms with Crippen molar-refractivity contribution in [3.63, 3.8) is 0 Å². The Bertz CT molecular complexity index is 1660. The number of rotatable bonds is 7. The molecule has 0 saturated heterocycles. The van der Waals surface area contributed by atoms with E-state index in [2.05, 4.69) is 20.4 Å². The van der Waals surface area contributed by atoms with Crippen molar-refractivity contribution < 1.29 is 22.4 Å². The molecule has 4 aromatic heterocycles. The van der Waals surface area contributed by atoms with E-state index in [4.69, 9.17) is 4.98 Å². The van der Waals surface area contributed by atoms with E-state index >= 15 is 0 Å². The monoisotopic (exact) mass is 521 g/mol. The summed E-state index contributed by atoms with van der Waals surface area (Å²) in [6.07, 6.45) is 1.71. The molecule has 0 bridgehead atoms. The maximum absolute atomic E-state index is 13.7. The third-order valence-electron chi connectivity index (χ3n) is 6.17. The maximum Gasteiger partial charge on any atom is 0.257 e. The summed E-state index contributed by atoms with van der Waals surface area (Å²) >= 11 is 0. The number of hydrogen-bond donors (Lipinski definition) is 1. The Morgan fingerprint density at radius 3 is 2.55 bits per heavy atom. The van der Waals surface area contributed by atoms with Crippen molar-refractivity contribution >= 4 is 17.4 Å². The summed E-state index contributed by atoms with van der Waals surface area (Å²) in [5, 5.41) is 7.16. The number of carbonyl (C=O) groups is 1. The summed E-state index contributed by atoms with van der Waals surface area (Å²) in [6, 6.07) is 11.3. The molecule has 0 spiro atoms. The summed E-state index contributed by atoms with van der Waals surface area (Å²) in [6.45, 7) is -0.567. The molecule has 1 fully saturated rings. The lowest BCUT2D eigenvalue weighted by Crippen LogP contribution is -2.12. The van der Waals surface area contributed by atoms with Crippen LogP contribution in [0.2, 0.25) is 0 Å². The minimum absolute atomic E-state index is 0.0654. The fraction of sp³-hybridized carbons (Fsp3) is 0.192. The molecule has 4 heterocycles. The Labute approximate surface area is 213 Å². The zero-order chi connectivity index (χ0) is 26.4. The molecule has 1 amide bonds. The molecule has 1 N–H and O–H groups in total. The van der Waals surface area contributed by atoms with Crippen LogP contribution >= 0.6 is 0 Å². The van der Waals surface area contributed by atoms with Crippen molar-refractivity contribution in [3.8, 4) is 22.6 Å². The van der Waals surface area contributed by atoms with Crippen LogP contribution in [0.25, 0.3) is 28.3 Å². The largest absolute Gasteiger partial charge is 0.320 e. The maximum atomic E-state index is 13.7. The molecule has 12 heteroatoms. The van der Waals surface area contributed by atoms with E-state index in [-0.39, 0.29) is 17.3 Å². The van der Waals surface area contributed by atoms with Gasteiger partial charge in [-0.2, -0.15) is 9.49 Å². The average Bonchev–Trinajstić information content (AvgIpc) is 3.55. The molecule has 8 nitrogen and oxygen atoms in total. The summed E-state index contributed by atoms with van der Waals surface area (Å²) in [7, 11) is 0. The van der Waals surface area contributed by atoms with Crippen molar-refractivity contribution in [2.75, 3.05) is 5.32 Å². The highest BCUT2D eigenvalue weighted by atomic mass is 19.3. The summed E-state index contributed by atoms with van der Waals surface area (Å²) in [4.78, 5) is 25.0. The second-order valence-corrected chi connectivity index (χ2v) is 8.92. The third kappa shape index (κ3) is 4.60. The number of hydrogen-bond acceptors (Lipinski definition) is 5. The SMILES string of the molecule is O=C(Nc1cn2nc(-c3c(-c4ccc(F)cc4)nc(C4CC4)n3CC(F)F)ccc2n1)c1ccnc(F)c1. The van der Waals surface area contributed by atoms with Crippen LogP contribution in [0.1, 0.15) is 34.9 Å². The third-order valence-corrected chi connectivity index (χ3v) is 6.17.